The fourth-order valence-corrected chi connectivity index (χ4v) is 2.59. The Labute approximate surface area is 143 Å². The fraction of sp³-hybridized carbons (Fsp3) is 0.444. The number of hydrogen-bond acceptors (Lipinski definition) is 4. The smallest absolute Gasteiger partial charge is 0.338 e. The predicted molar refractivity (Wildman–Crippen MR) is 93.7 cm³/mol. The van der Waals surface area contributed by atoms with E-state index in [4.69, 9.17) is 4.74 Å². The fourth-order valence-electron chi connectivity index (χ4n) is 2.59. The number of anilines is 1. The van der Waals surface area contributed by atoms with Crippen molar-refractivity contribution >= 4 is 17.7 Å². The molecular weight excluding hydrogens is 306 g/mol. The summed E-state index contributed by atoms with van der Waals surface area (Å²) in [5.74, 6) is -0.406. The van der Waals surface area contributed by atoms with Crippen molar-refractivity contribution in [3.05, 3.63) is 41.1 Å². The van der Waals surface area contributed by atoms with Gasteiger partial charge in [-0.25, -0.2) is 9.59 Å². The van der Waals surface area contributed by atoms with Gasteiger partial charge < -0.3 is 19.9 Å². The molecule has 1 aliphatic rings. The normalized spacial score (nSPS) is 17.9. The molecule has 0 unspecified atom stereocenters. The molecule has 0 aromatic heterocycles. The second-order valence-electron chi connectivity index (χ2n) is 6.38. The summed E-state index contributed by atoms with van der Waals surface area (Å²) in [5.41, 5.74) is 2.96. The number of allylic oxidation sites excluding steroid dienone is 1. The van der Waals surface area contributed by atoms with Crippen molar-refractivity contribution in [3.8, 4) is 0 Å². The predicted octanol–water partition coefficient (Wildman–Crippen LogP) is 2.67. The summed E-state index contributed by atoms with van der Waals surface area (Å²) >= 11 is 0. The molecular formula is C18H25N3O3. The molecule has 1 aromatic carbocycles. The summed E-state index contributed by atoms with van der Waals surface area (Å²) in [6.07, 6.45) is -0.225. The Kier molecular flexibility index (Phi) is 5.17. The van der Waals surface area contributed by atoms with Gasteiger partial charge in [0.25, 0.3) is 0 Å². The molecule has 0 fully saturated rings. The molecule has 1 aliphatic heterocycles. The van der Waals surface area contributed by atoms with Crippen molar-refractivity contribution < 1.29 is 14.3 Å². The highest BCUT2D eigenvalue weighted by Gasteiger charge is 2.35. The highest BCUT2D eigenvalue weighted by molar-refractivity contribution is 5.95. The highest BCUT2D eigenvalue weighted by atomic mass is 16.5. The van der Waals surface area contributed by atoms with Gasteiger partial charge in [-0.3, -0.25) is 0 Å². The Morgan fingerprint density at radius 2 is 1.83 bits per heavy atom. The molecule has 1 N–H and O–H groups in total. The minimum absolute atomic E-state index is 0.225. The second kappa shape index (κ2) is 6.95. The van der Waals surface area contributed by atoms with Crippen LogP contribution in [0.1, 0.15) is 32.4 Å². The number of hydrogen-bond donors (Lipinski definition) is 1. The van der Waals surface area contributed by atoms with E-state index in [1.807, 2.05) is 43.3 Å². The van der Waals surface area contributed by atoms with E-state index in [2.05, 4.69) is 5.32 Å². The quantitative estimate of drug-likeness (QED) is 0.862. The van der Waals surface area contributed by atoms with E-state index in [1.54, 1.807) is 27.8 Å². The number of urea groups is 1. The maximum absolute atomic E-state index is 12.6. The molecule has 6 nitrogen and oxygen atoms in total. The van der Waals surface area contributed by atoms with E-state index in [0.29, 0.717) is 11.3 Å². The number of amides is 2. The Morgan fingerprint density at radius 3 is 2.33 bits per heavy atom. The van der Waals surface area contributed by atoms with E-state index in [1.165, 1.54) is 4.90 Å². The first-order valence-corrected chi connectivity index (χ1v) is 7.95. The van der Waals surface area contributed by atoms with Crippen LogP contribution in [0, 0.1) is 0 Å². The maximum atomic E-state index is 12.6. The van der Waals surface area contributed by atoms with Crippen LogP contribution in [0.25, 0.3) is 0 Å². The Balaban J connectivity index is 2.44. The van der Waals surface area contributed by atoms with Gasteiger partial charge in [-0.2, -0.15) is 0 Å². The Hall–Kier alpha value is -2.50. The third kappa shape index (κ3) is 3.53. The molecule has 0 saturated carbocycles. The summed E-state index contributed by atoms with van der Waals surface area (Å²) in [6.45, 7) is 5.37. The van der Waals surface area contributed by atoms with Crippen molar-refractivity contribution in [1.29, 1.82) is 0 Å². The third-order valence-electron chi connectivity index (χ3n) is 4.06. The summed E-state index contributed by atoms with van der Waals surface area (Å²) in [5, 5.41) is 2.88. The van der Waals surface area contributed by atoms with Crippen LogP contribution in [0.2, 0.25) is 0 Å². The Morgan fingerprint density at radius 1 is 1.25 bits per heavy atom. The number of nitrogens with one attached hydrogen (secondary N) is 1. The summed E-state index contributed by atoms with van der Waals surface area (Å²) < 4.78 is 5.37. The van der Waals surface area contributed by atoms with Crippen LogP contribution in [0.15, 0.2) is 35.5 Å². The molecule has 1 aromatic rings. The van der Waals surface area contributed by atoms with Gasteiger partial charge in [0, 0.05) is 32.5 Å². The highest BCUT2D eigenvalue weighted by Crippen LogP contribution is 2.31. The first-order valence-electron chi connectivity index (χ1n) is 7.95. The molecule has 2 rings (SSSR count). The van der Waals surface area contributed by atoms with Gasteiger partial charge in [-0.15, -0.1) is 0 Å². The van der Waals surface area contributed by atoms with Crippen molar-refractivity contribution in [2.45, 2.75) is 32.9 Å². The second-order valence-corrected chi connectivity index (χ2v) is 6.38. The molecule has 24 heavy (non-hydrogen) atoms. The molecule has 0 aliphatic carbocycles. The van der Waals surface area contributed by atoms with Crippen molar-refractivity contribution in [2.75, 3.05) is 26.0 Å². The lowest BCUT2D eigenvalue weighted by Gasteiger charge is -2.33. The third-order valence-corrected chi connectivity index (χ3v) is 4.06. The number of carbonyl (C=O) groups is 2. The molecule has 2 amide bonds. The van der Waals surface area contributed by atoms with Gasteiger partial charge in [0.05, 0.1) is 17.7 Å². The minimum Gasteiger partial charge on any atom is -0.459 e. The van der Waals surface area contributed by atoms with Crippen LogP contribution >= 0.6 is 0 Å². The van der Waals surface area contributed by atoms with Gasteiger partial charge >= 0.3 is 12.0 Å². The maximum Gasteiger partial charge on any atom is 0.338 e. The summed E-state index contributed by atoms with van der Waals surface area (Å²) in [4.78, 5) is 28.2. The number of carbonyl (C=O) groups excluding carboxylic acids is 2. The number of rotatable bonds is 4. The standard InChI is InChI=1S/C18H25N3O3/c1-11(2)24-17(22)15-12(3)21(6)18(23)19-16(15)13-7-9-14(10-8-13)20(4)5/h7-11,16H,1-6H3,(H,19,23)/t16-/m0/s1. The first kappa shape index (κ1) is 17.8. The van der Waals surface area contributed by atoms with E-state index in [9.17, 15) is 9.59 Å². The van der Waals surface area contributed by atoms with Gasteiger partial charge in [-0.05, 0) is 38.5 Å². The molecule has 0 radical (unpaired) electrons. The SMILES string of the molecule is CC1=C(C(=O)OC(C)C)[C@H](c2ccc(N(C)C)cc2)NC(=O)N1C. The molecule has 0 bridgehead atoms. The molecule has 1 heterocycles. The van der Waals surface area contributed by atoms with Crippen LogP contribution in [0.3, 0.4) is 0 Å². The van der Waals surface area contributed by atoms with Crippen molar-refractivity contribution in [3.63, 3.8) is 0 Å². The molecule has 1 atom stereocenters. The van der Waals surface area contributed by atoms with Crippen LogP contribution in [-0.2, 0) is 9.53 Å². The molecule has 0 spiro atoms. The number of ether oxygens (including phenoxy) is 1. The number of esters is 1. The number of benzene rings is 1. The number of nitrogens with zero attached hydrogens (tertiary/aromatic N) is 2. The lowest BCUT2D eigenvalue weighted by Crippen LogP contribution is -2.46. The van der Waals surface area contributed by atoms with Crippen LogP contribution in [0.4, 0.5) is 10.5 Å². The van der Waals surface area contributed by atoms with Crippen molar-refractivity contribution in [2.24, 2.45) is 0 Å². The lowest BCUT2D eigenvalue weighted by atomic mass is 9.95. The lowest BCUT2D eigenvalue weighted by molar-refractivity contribution is -0.143. The monoisotopic (exact) mass is 331 g/mol. The topological polar surface area (TPSA) is 61.9 Å². The zero-order valence-electron chi connectivity index (χ0n) is 15.1. The molecule has 130 valence electrons. The van der Waals surface area contributed by atoms with Crippen molar-refractivity contribution in [1.82, 2.24) is 10.2 Å². The largest absolute Gasteiger partial charge is 0.459 e. The van der Waals surface area contributed by atoms with E-state index in [-0.39, 0.29) is 12.1 Å². The molecule has 0 saturated heterocycles. The average Bonchev–Trinajstić information content (AvgIpc) is 2.51. The van der Waals surface area contributed by atoms with E-state index < -0.39 is 12.0 Å². The minimum atomic E-state index is -0.517. The molecule has 6 heteroatoms. The van der Waals surface area contributed by atoms with Crippen LogP contribution < -0.4 is 10.2 Å². The zero-order chi connectivity index (χ0) is 18.0. The Bertz CT molecular complexity index is 663. The van der Waals surface area contributed by atoms with Gasteiger partial charge in [-0.1, -0.05) is 12.1 Å². The summed E-state index contributed by atoms with van der Waals surface area (Å²) in [6, 6.07) is 7.00. The first-order chi connectivity index (χ1) is 11.2. The van der Waals surface area contributed by atoms with Gasteiger partial charge in [0.2, 0.25) is 0 Å². The van der Waals surface area contributed by atoms with Gasteiger partial charge in [0.1, 0.15) is 0 Å². The zero-order valence-corrected chi connectivity index (χ0v) is 15.1. The van der Waals surface area contributed by atoms with Crippen LogP contribution in [0.5, 0.6) is 0 Å². The van der Waals surface area contributed by atoms with E-state index in [0.717, 1.165) is 11.3 Å². The van der Waals surface area contributed by atoms with Gasteiger partial charge in [0.15, 0.2) is 0 Å². The van der Waals surface area contributed by atoms with Crippen LogP contribution in [-0.4, -0.2) is 44.1 Å². The summed E-state index contributed by atoms with van der Waals surface area (Å²) in [7, 11) is 5.56. The average molecular weight is 331 g/mol. The van der Waals surface area contributed by atoms with E-state index >= 15 is 0 Å².